The quantitative estimate of drug-likeness (QED) is 0.552. The van der Waals surface area contributed by atoms with Crippen molar-refractivity contribution in [2.75, 3.05) is 12.3 Å². The number of pyridine rings is 1. The Kier molecular flexibility index (Phi) is 3.09. The average Bonchev–Trinajstić information content (AvgIpc) is 2.99. The average molecular weight is 280 g/mol. The van der Waals surface area contributed by atoms with Gasteiger partial charge in [-0.15, -0.1) is 0 Å². The van der Waals surface area contributed by atoms with Gasteiger partial charge >= 0.3 is 0 Å². The molecule has 0 aliphatic carbocycles. The molecule has 3 rings (SSSR count). The minimum absolute atomic E-state index is 0.288. The van der Waals surface area contributed by atoms with Crippen molar-refractivity contribution in [3.05, 3.63) is 18.1 Å². The van der Waals surface area contributed by atoms with Gasteiger partial charge in [0.25, 0.3) is 0 Å². The van der Waals surface area contributed by atoms with Crippen LogP contribution in [0.2, 0.25) is 0 Å². The van der Waals surface area contributed by atoms with Crippen molar-refractivity contribution in [1.29, 1.82) is 0 Å². The third-order valence-electron chi connectivity index (χ3n) is 3.60. The molecule has 0 aromatic carbocycles. The van der Waals surface area contributed by atoms with Gasteiger partial charge in [-0.05, 0) is 12.5 Å². The zero-order chi connectivity index (χ0) is 14.4. The predicted octanol–water partition coefficient (Wildman–Crippen LogP) is -1.07. The van der Waals surface area contributed by atoms with Gasteiger partial charge in [-0.1, -0.05) is 0 Å². The molecule has 0 radical (unpaired) electrons. The fourth-order valence-corrected chi connectivity index (χ4v) is 2.53. The second-order valence-corrected chi connectivity index (χ2v) is 4.90. The number of aliphatic hydroxyl groups is 3. The topological polar surface area (TPSA) is 127 Å². The number of fused-ring (bicyclic) bond motifs is 1. The number of imidazole rings is 1. The van der Waals surface area contributed by atoms with Gasteiger partial charge in [-0.2, -0.15) is 0 Å². The first kappa shape index (κ1) is 13.3. The van der Waals surface area contributed by atoms with E-state index in [0.717, 1.165) is 5.56 Å². The first-order valence-electron chi connectivity index (χ1n) is 6.24. The van der Waals surface area contributed by atoms with E-state index in [1.807, 2.05) is 6.92 Å². The molecule has 0 spiro atoms. The van der Waals surface area contributed by atoms with E-state index in [0.29, 0.717) is 11.0 Å². The molecular weight excluding hydrogens is 264 g/mol. The Hall–Kier alpha value is -1.74. The zero-order valence-corrected chi connectivity index (χ0v) is 10.8. The van der Waals surface area contributed by atoms with Crippen molar-refractivity contribution < 1.29 is 20.1 Å². The number of anilines is 1. The zero-order valence-electron chi connectivity index (χ0n) is 10.8. The molecule has 0 bridgehead atoms. The van der Waals surface area contributed by atoms with Crippen molar-refractivity contribution in [3.63, 3.8) is 0 Å². The van der Waals surface area contributed by atoms with Gasteiger partial charge in [0.2, 0.25) is 0 Å². The normalized spacial score (nSPS) is 30.2. The molecule has 20 heavy (non-hydrogen) atoms. The Morgan fingerprint density at radius 1 is 1.35 bits per heavy atom. The van der Waals surface area contributed by atoms with E-state index in [2.05, 4.69) is 9.97 Å². The Labute approximate surface area is 114 Å². The lowest BCUT2D eigenvalue weighted by molar-refractivity contribution is -0.0509. The second-order valence-electron chi connectivity index (χ2n) is 4.90. The first-order chi connectivity index (χ1) is 9.54. The molecule has 8 heteroatoms. The molecule has 5 N–H and O–H groups in total. The molecule has 1 aliphatic rings. The van der Waals surface area contributed by atoms with Crippen LogP contribution in [-0.2, 0) is 4.74 Å². The first-order valence-corrected chi connectivity index (χ1v) is 6.24. The van der Waals surface area contributed by atoms with Crippen LogP contribution in [0.3, 0.4) is 0 Å². The van der Waals surface area contributed by atoms with Crippen molar-refractivity contribution in [1.82, 2.24) is 14.5 Å². The second kappa shape index (κ2) is 4.67. The lowest BCUT2D eigenvalue weighted by Gasteiger charge is -2.17. The molecule has 1 aliphatic heterocycles. The largest absolute Gasteiger partial charge is 0.394 e. The SMILES string of the molecule is Cc1cnc(N)c2ncn([C@@H]3O[C@H](CO)[C@@H](O)[C@H]3O)c12. The number of hydrogen-bond donors (Lipinski definition) is 4. The number of nitrogen functional groups attached to an aromatic ring is 1. The Morgan fingerprint density at radius 2 is 2.10 bits per heavy atom. The summed E-state index contributed by atoms with van der Waals surface area (Å²) in [6, 6.07) is 0. The number of hydrogen-bond acceptors (Lipinski definition) is 7. The third kappa shape index (κ3) is 1.77. The monoisotopic (exact) mass is 280 g/mol. The van der Waals surface area contributed by atoms with Crippen LogP contribution in [0.5, 0.6) is 0 Å². The number of aromatic nitrogens is 3. The molecule has 3 heterocycles. The number of nitrogens with two attached hydrogens (primary N) is 1. The highest BCUT2D eigenvalue weighted by Gasteiger charge is 2.43. The molecule has 8 nitrogen and oxygen atoms in total. The summed E-state index contributed by atoms with van der Waals surface area (Å²) in [4.78, 5) is 8.20. The summed E-state index contributed by atoms with van der Waals surface area (Å²) in [5.74, 6) is 0.288. The number of ether oxygens (including phenoxy) is 1. The van der Waals surface area contributed by atoms with Crippen LogP contribution < -0.4 is 5.73 Å². The molecule has 0 amide bonds. The van der Waals surface area contributed by atoms with Gasteiger partial charge in [0.15, 0.2) is 12.0 Å². The van der Waals surface area contributed by atoms with E-state index in [1.165, 1.54) is 6.33 Å². The maximum Gasteiger partial charge on any atom is 0.164 e. The molecule has 4 atom stereocenters. The van der Waals surface area contributed by atoms with Crippen LogP contribution in [0, 0.1) is 6.92 Å². The van der Waals surface area contributed by atoms with Crippen molar-refractivity contribution >= 4 is 16.9 Å². The van der Waals surface area contributed by atoms with Gasteiger partial charge in [0.1, 0.15) is 23.8 Å². The number of aryl methyl sites for hydroxylation is 1. The van der Waals surface area contributed by atoms with Crippen molar-refractivity contribution in [3.8, 4) is 0 Å². The molecule has 0 saturated carbocycles. The van der Waals surface area contributed by atoms with Crippen molar-refractivity contribution in [2.45, 2.75) is 31.5 Å². The highest BCUT2D eigenvalue weighted by atomic mass is 16.6. The Balaban J connectivity index is 2.10. The minimum atomic E-state index is -1.15. The minimum Gasteiger partial charge on any atom is -0.394 e. The molecule has 1 saturated heterocycles. The van der Waals surface area contributed by atoms with Gasteiger partial charge in [0.05, 0.1) is 18.5 Å². The molecule has 1 fully saturated rings. The fourth-order valence-electron chi connectivity index (χ4n) is 2.53. The number of rotatable bonds is 2. The van der Waals surface area contributed by atoms with Crippen molar-refractivity contribution in [2.24, 2.45) is 0 Å². The lowest BCUT2D eigenvalue weighted by atomic mass is 10.1. The number of nitrogens with zero attached hydrogens (tertiary/aromatic N) is 3. The highest BCUT2D eigenvalue weighted by Crippen LogP contribution is 2.33. The van der Waals surface area contributed by atoms with Gasteiger partial charge in [-0.25, -0.2) is 9.97 Å². The fraction of sp³-hybridized carbons (Fsp3) is 0.500. The summed E-state index contributed by atoms with van der Waals surface area (Å²) >= 11 is 0. The molecule has 0 unspecified atom stereocenters. The maximum absolute atomic E-state index is 10.1. The lowest BCUT2D eigenvalue weighted by Crippen LogP contribution is -2.33. The van der Waals surface area contributed by atoms with Crippen LogP contribution in [0.25, 0.3) is 11.0 Å². The Morgan fingerprint density at radius 3 is 2.75 bits per heavy atom. The van der Waals surface area contributed by atoms with E-state index in [9.17, 15) is 10.2 Å². The summed E-state index contributed by atoms with van der Waals surface area (Å²) < 4.78 is 7.10. The van der Waals surface area contributed by atoms with E-state index in [1.54, 1.807) is 10.8 Å². The standard InChI is InChI=1S/C12H16N4O4/c1-5-2-14-11(13)7-8(5)16(4-15-7)12-10(19)9(18)6(3-17)20-12/h2,4,6,9-10,12,17-19H,3H2,1H3,(H2,13,14)/t6-,9-,10-,12-/m1/s1. The summed E-state index contributed by atoms with van der Waals surface area (Å²) in [6.45, 7) is 1.47. The molecular formula is C12H16N4O4. The van der Waals surface area contributed by atoms with Crippen LogP contribution in [0.4, 0.5) is 5.82 Å². The molecule has 2 aromatic heterocycles. The summed E-state index contributed by atoms with van der Waals surface area (Å²) in [7, 11) is 0. The smallest absolute Gasteiger partial charge is 0.164 e. The van der Waals surface area contributed by atoms with Crippen LogP contribution in [0.1, 0.15) is 11.8 Å². The highest BCUT2D eigenvalue weighted by molar-refractivity contribution is 5.87. The van der Waals surface area contributed by atoms with Crippen LogP contribution >= 0.6 is 0 Å². The van der Waals surface area contributed by atoms with Crippen LogP contribution in [0.15, 0.2) is 12.5 Å². The summed E-state index contributed by atoms with van der Waals surface area (Å²) in [5, 5.41) is 29.0. The van der Waals surface area contributed by atoms with Gasteiger partial charge < -0.3 is 30.4 Å². The summed E-state index contributed by atoms with van der Waals surface area (Å²) in [6.07, 6.45) is -0.868. The maximum atomic E-state index is 10.1. The summed E-state index contributed by atoms with van der Waals surface area (Å²) in [5.41, 5.74) is 7.80. The Bertz CT molecular complexity index is 644. The van der Waals surface area contributed by atoms with Crippen LogP contribution in [-0.4, -0.2) is 54.8 Å². The third-order valence-corrected chi connectivity index (χ3v) is 3.60. The van der Waals surface area contributed by atoms with E-state index in [4.69, 9.17) is 15.6 Å². The van der Waals surface area contributed by atoms with E-state index >= 15 is 0 Å². The molecule has 2 aromatic rings. The van der Waals surface area contributed by atoms with Gasteiger partial charge in [0, 0.05) is 6.20 Å². The number of aliphatic hydroxyl groups excluding tert-OH is 3. The van der Waals surface area contributed by atoms with E-state index in [-0.39, 0.29) is 12.4 Å². The molecule has 108 valence electrons. The van der Waals surface area contributed by atoms with E-state index < -0.39 is 24.5 Å². The predicted molar refractivity (Wildman–Crippen MR) is 69.7 cm³/mol. The van der Waals surface area contributed by atoms with Gasteiger partial charge in [-0.3, -0.25) is 0 Å².